The molecule has 0 saturated heterocycles. The molecular formula is C19H13BrN4O4S. The molecule has 0 radical (unpaired) electrons. The number of rotatable bonds is 6. The second-order valence-corrected chi connectivity index (χ2v) is 7.69. The van der Waals surface area contributed by atoms with Crippen molar-refractivity contribution in [2.24, 2.45) is 5.10 Å². The fraction of sp³-hybridized carbons (Fsp3) is 0. The third-order valence-electron chi connectivity index (χ3n) is 3.62. The Balaban J connectivity index is 1.63. The number of benzene rings is 2. The zero-order valence-electron chi connectivity index (χ0n) is 14.7. The quantitative estimate of drug-likeness (QED) is 0.313. The topological polar surface area (TPSA) is 114 Å². The molecule has 1 aromatic heterocycles. The number of halogens is 1. The molecule has 10 heteroatoms. The van der Waals surface area contributed by atoms with Crippen LogP contribution in [0.1, 0.15) is 25.6 Å². The maximum atomic E-state index is 12.3. The van der Waals surface area contributed by atoms with Gasteiger partial charge in [-0.1, -0.05) is 39.4 Å². The standard InChI is InChI=1S/C19H13BrN4O4S/c20-14-5-1-3-12(9-14)18(25)22-15-6-2-4-13(10-15)19(26)23-21-11-16-7-8-17(29-16)24(27)28/h1-11H,(H,22,25)(H,23,26)/b21-11-. The van der Waals surface area contributed by atoms with E-state index in [1.165, 1.54) is 24.4 Å². The molecule has 0 saturated carbocycles. The monoisotopic (exact) mass is 472 g/mol. The van der Waals surface area contributed by atoms with Crippen molar-refractivity contribution in [1.82, 2.24) is 5.43 Å². The average Bonchev–Trinajstić information content (AvgIpc) is 3.17. The van der Waals surface area contributed by atoms with Gasteiger partial charge in [0.15, 0.2) is 0 Å². The molecular weight excluding hydrogens is 460 g/mol. The lowest BCUT2D eigenvalue weighted by Crippen LogP contribution is -2.18. The van der Waals surface area contributed by atoms with Crippen molar-refractivity contribution in [2.75, 3.05) is 5.32 Å². The van der Waals surface area contributed by atoms with E-state index in [1.807, 2.05) is 6.07 Å². The minimum atomic E-state index is -0.492. The molecule has 0 aliphatic heterocycles. The Morgan fingerprint density at radius 2 is 1.76 bits per heavy atom. The predicted octanol–water partition coefficient (Wildman–Crippen LogP) is 4.44. The van der Waals surface area contributed by atoms with Crippen LogP contribution < -0.4 is 10.7 Å². The molecule has 0 aliphatic carbocycles. The van der Waals surface area contributed by atoms with Crippen LogP contribution in [0.3, 0.4) is 0 Å². The second-order valence-electron chi connectivity index (χ2n) is 5.68. The number of carbonyl (C=O) groups excluding carboxylic acids is 2. The molecule has 2 N–H and O–H groups in total. The van der Waals surface area contributed by atoms with Crippen molar-refractivity contribution in [2.45, 2.75) is 0 Å². The van der Waals surface area contributed by atoms with Gasteiger partial charge in [-0.2, -0.15) is 5.10 Å². The van der Waals surface area contributed by atoms with Gasteiger partial charge in [0.25, 0.3) is 11.8 Å². The molecule has 3 rings (SSSR count). The summed E-state index contributed by atoms with van der Waals surface area (Å²) in [6.45, 7) is 0. The highest BCUT2D eigenvalue weighted by Crippen LogP contribution is 2.22. The van der Waals surface area contributed by atoms with Crippen LogP contribution in [-0.4, -0.2) is 23.0 Å². The number of nitro groups is 1. The number of nitrogens with one attached hydrogen (secondary N) is 2. The van der Waals surface area contributed by atoms with Gasteiger partial charge < -0.3 is 5.32 Å². The van der Waals surface area contributed by atoms with Gasteiger partial charge in [0, 0.05) is 27.4 Å². The number of thiophene rings is 1. The van der Waals surface area contributed by atoms with Crippen molar-refractivity contribution in [3.05, 3.63) is 91.3 Å². The van der Waals surface area contributed by atoms with Crippen LogP contribution in [0, 0.1) is 10.1 Å². The predicted molar refractivity (Wildman–Crippen MR) is 115 cm³/mol. The van der Waals surface area contributed by atoms with Gasteiger partial charge in [-0.25, -0.2) is 5.43 Å². The number of hydrogen-bond donors (Lipinski definition) is 2. The van der Waals surface area contributed by atoms with Gasteiger partial charge in [-0.05, 0) is 42.5 Å². The summed E-state index contributed by atoms with van der Waals surface area (Å²) in [6, 6.07) is 16.3. The SMILES string of the molecule is O=C(N/N=C\c1ccc([N+](=O)[O-])s1)c1cccc(NC(=O)c2cccc(Br)c2)c1. The first-order valence-corrected chi connectivity index (χ1v) is 9.78. The van der Waals surface area contributed by atoms with Gasteiger partial charge in [0.2, 0.25) is 0 Å². The van der Waals surface area contributed by atoms with Crippen molar-refractivity contribution in [1.29, 1.82) is 0 Å². The lowest BCUT2D eigenvalue weighted by Gasteiger charge is -2.07. The number of nitrogens with zero attached hydrogens (tertiary/aromatic N) is 2. The lowest BCUT2D eigenvalue weighted by atomic mass is 10.1. The van der Waals surface area contributed by atoms with Gasteiger partial charge in [0.1, 0.15) is 0 Å². The Kier molecular flexibility index (Phi) is 6.47. The largest absolute Gasteiger partial charge is 0.324 e. The van der Waals surface area contributed by atoms with E-state index in [1.54, 1.807) is 36.4 Å². The van der Waals surface area contributed by atoms with Crippen molar-refractivity contribution in [3.63, 3.8) is 0 Å². The zero-order chi connectivity index (χ0) is 20.8. The zero-order valence-corrected chi connectivity index (χ0v) is 17.1. The summed E-state index contributed by atoms with van der Waals surface area (Å²) in [5.74, 6) is -0.785. The molecule has 29 heavy (non-hydrogen) atoms. The third-order valence-corrected chi connectivity index (χ3v) is 5.08. The van der Waals surface area contributed by atoms with Crippen LogP contribution in [0.25, 0.3) is 0 Å². The summed E-state index contributed by atoms with van der Waals surface area (Å²) in [4.78, 5) is 35.3. The van der Waals surface area contributed by atoms with Gasteiger partial charge in [-0.15, -0.1) is 0 Å². The molecule has 1 heterocycles. The molecule has 0 spiro atoms. The third kappa shape index (κ3) is 5.56. The minimum absolute atomic E-state index is 0.00772. The molecule has 2 aromatic carbocycles. The fourth-order valence-electron chi connectivity index (χ4n) is 2.30. The number of hydrazone groups is 1. The van der Waals surface area contributed by atoms with Crippen molar-refractivity contribution < 1.29 is 14.5 Å². The van der Waals surface area contributed by atoms with E-state index in [2.05, 4.69) is 31.8 Å². The van der Waals surface area contributed by atoms with Crippen LogP contribution in [0.15, 0.2) is 70.2 Å². The van der Waals surface area contributed by atoms with Crippen molar-refractivity contribution in [3.8, 4) is 0 Å². The second kappa shape index (κ2) is 9.22. The van der Waals surface area contributed by atoms with E-state index in [-0.39, 0.29) is 10.9 Å². The van der Waals surface area contributed by atoms with Gasteiger partial charge in [0.05, 0.1) is 16.0 Å². The number of anilines is 1. The normalized spacial score (nSPS) is 10.7. The fourth-order valence-corrected chi connectivity index (χ4v) is 3.39. The first-order chi connectivity index (χ1) is 13.9. The minimum Gasteiger partial charge on any atom is -0.322 e. The number of amides is 2. The van der Waals surface area contributed by atoms with E-state index in [0.29, 0.717) is 21.7 Å². The summed E-state index contributed by atoms with van der Waals surface area (Å²) in [5.41, 5.74) is 3.59. The van der Waals surface area contributed by atoms with E-state index >= 15 is 0 Å². The molecule has 0 bridgehead atoms. The van der Waals surface area contributed by atoms with Crippen LogP contribution in [0.5, 0.6) is 0 Å². The molecule has 0 fully saturated rings. The summed E-state index contributed by atoms with van der Waals surface area (Å²) >= 11 is 4.26. The summed E-state index contributed by atoms with van der Waals surface area (Å²) in [7, 11) is 0. The number of hydrogen-bond acceptors (Lipinski definition) is 6. The molecule has 3 aromatic rings. The average molecular weight is 473 g/mol. The van der Waals surface area contributed by atoms with E-state index in [4.69, 9.17) is 0 Å². The highest BCUT2D eigenvalue weighted by Gasteiger charge is 2.10. The Labute approximate surface area is 177 Å². The summed E-state index contributed by atoms with van der Waals surface area (Å²) in [6.07, 6.45) is 1.33. The van der Waals surface area contributed by atoms with Crippen LogP contribution in [-0.2, 0) is 0 Å². The highest BCUT2D eigenvalue weighted by atomic mass is 79.9. The maximum absolute atomic E-state index is 12.3. The maximum Gasteiger partial charge on any atom is 0.324 e. The molecule has 0 aliphatic rings. The van der Waals surface area contributed by atoms with Crippen LogP contribution in [0.4, 0.5) is 10.7 Å². The van der Waals surface area contributed by atoms with E-state index < -0.39 is 10.8 Å². The first kappa shape index (κ1) is 20.4. The Morgan fingerprint density at radius 1 is 1.03 bits per heavy atom. The van der Waals surface area contributed by atoms with E-state index in [0.717, 1.165) is 15.8 Å². The van der Waals surface area contributed by atoms with Crippen molar-refractivity contribution >= 4 is 56.0 Å². The lowest BCUT2D eigenvalue weighted by molar-refractivity contribution is -0.380. The van der Waals surface area contributed by atoms with Gasteiger partial charge in [-0.3, -0.25) is 19.7 Å². The summed E-state index contributed by atoms with van der Waals surface area (Å²) < 4.78 is 0.784. The van der Waals surface area contributed by atoms with Gasteiger partial charge >= 0.3 is 5.00 Å². The molecule has 2 amide bonds. The molecule has 8 nitrogen and oxygen atoms in total. The summed E-state index contributed by atoms with van der Waals surface area (Å²) in [5, 5.41) is 17.2. The Morgan fingerprint density at radius 3 is 2.45 bits per heavy atom. The Hall–Kier alpha value is -3.37. The highest BCUT2D eigenvalue weighted by molar-refractivity contribution is 9.10. The smallest absolute Gasteiger partial charge is 0.322 e. The molecule has 0 unspecified atom stereocenters. The first-order valence-electron chi connectivity index (χ1n) is 8.17. The molecule has 146 valence electrons. The van der Waals surface area contributed by atoms with Crippen LogP contribution >= 0.6 is 27.3 Å². The van der Waals surface area contributed by atoms with Crippen LogP contribution in [0.2, 0.25) is 0 Å². The molecule has 0 atom stereocenters. The Bertz CT molecular complexity index is 1110. The number of carbonyl (C=O) groups is 2. The van der Waals surface area contributed by atoms with E-state index in [9.17, 15) is 19.7 Å².